The largest absolute Gasteiger partial charge is 0.352 e. The van der Waals surface area contributed by atoms with Crippen molar-refractivity contribution in [1.29, 1.82) is 0 Å². The molecule has 126 valence electrons. The zero-order chi connectivity index (χ0) is 16.6. The molecule has 1 saturated carbocycles. The van der Waals surface area contributed by atoms with Gasteiger partial charge in [-0.25, -0.2) is 0 Å². The van der Waals surface area contributed by atoms with Crippen molar-refractivity contribution in [1.82, 2.24) is 14.8 Å². The minimum absolute atomic E-state index is 0.0238. The Kier molecular flexibility index (Phi) is 4.71. The van der Waals surface area contributed by atoms with E-state index in [9.17, 15) is 9.59 Å². The van der Waals surface area contributed by atoms with Gasteiger partial charge in [-0.1, -0.05) is 13.8 Å². The third-order valence-electron chi connectivity index (χ3n) is 4.75. The highest BCUT2D eigenvalue weighted by molar-refractivity contribution is 7.99. The first-order chi connectivity index (χ1) is 11.0. The molecule has 23 heavy (non-hydrogen) atoms. The number of amides is 2. The summed E-state index contributed by atoms with van der Waals surface area (Å²) < 4.78 is 2.07. The van der Waals surface area contributed by atoms with Crippen molar-refractivity contribution in [3.8, 4) is 0 Å². The van der Waals surface area contributed by atoms with Gasteiger partial charge >= 0.3 is 0 Å². The lowest BCUT2D eigenvalue weighted by Crippen LogP contribution is -2.50. The number of carbonyl (C=O) groups excluding carboxylic acids is 2. The predicted molar refractivity (Wildman–Crippen MR) is 92.4 cm³/mol. The number of rotatable bonds is 5. The first kappa shape index (κ1) is 16.4. The van der Waals surface area contributed by atoms with E-state index in [4.69, 9.17) is 0 Å². The second-order valence-corrected chi connectivity index (χ2v) is 7.86. The molecule has 1 saturated heterocycles. The second kappa shape index (κ2) is 6.59. The van der Waals surface area contributed by atoms with Crippen LogP contribution in [-0.2, 0) is 4.79 Å². The molecule has 1 N–H and O–H groups in total. The Balaban J connectivity index is 1.72. The molecule has 1 aliphatic carbocycles. The topological polar surface area (TPSA) is 54.3 Å². The summed E-state index contributed by atoms with van der Waals surface area (Å²) in [6, 6.07) is 4.00. The van der Waals surface area contributed by atoms with Crippen LogP contribution in [0.5, 0.6) is 0 Å². The normalized spacial score (nSPS) is 22.4. The van der Waals surface area contributed by atoms with Crippen molar-refractivity contribution in [3.63, 3.8) is 0 Å². The first-order valence-corrected chi connectivity index (χ1v) is 9.50. The third kappa shape index (κ3) is 3.42. The molecule has 1 aromatic heterocycles. The molecule has 2 atom stereocenters. The Bertz CT molecular complexity index is 594. The van der Waals surface area contributed by atoms with Crippen LogP contribution in [0.3, 0.4) is 0 Å². The molecule has 0 spiro atoms. The maximum absolute atomic E-state index is 12.9. The lowest BCUT2D eigenvalue weighted by Gasteiger charge is -2.26. The summed E-state index contributed by atoms with van der Waals surface area (Å²) in [5.41, 5.74) is 0.713. The lowest BCUT2D eigenvalue weighted by atomic mass is 10.1. The van der Waals surface area contributed by atoms with Gasteiger partial charge in [0.05, 0.1) is 5.88 Å². The van der Waals surface area contributed by atoms with Gasteiger partial charge in [0.15, 0.2) is 0 Å². The van der Waals surface area contributed by atoms with E-state index in [0.29, 0.717) is 29.3 Å². The van der Waals surface area contributed by atoms with E-state index in [1.807, 2.05) is 25.3 Å². The van der Waals surface area contributed by atoms with E-state index in [1.165, 1.54) is 0 Å². The van der Waals surface area contributed by atoms with E-state index in [2.05, 4.69) is 23.7 Å². The van der Waals surface area contributed by atoms with Crippen molar-refractivity contribution in [3.05, 3.63) is 24.0 Å². The standard InChI is InChI=1S/C17H25N3O2S/c1-11(2)12(3)18-16(21)15-9-23-10-20(15)17(22)14-5-4-8-19(14)13-6-7-13/h4-5,8,11-13,15H,6-7,9-10H2,1-3H3,(H,18,21)/t12-,15-/m0/s1. The zero-order valence-electron chi connectivity index (χ0n) is 14.0. The first-order valence-electron chi connectivity index (χ1n) is 8.35. The summed E-state index contributed by atoms with van der Waals surface area (Å²) in [7, 11) is 0. The minimum atomic E-state index is -0.365. The number of hydrogen-bond acceptors (Lipinski definition) is 3. The summed E-state index contributed by atoms with van der Waals surface area (Å²) >= 11 is 1.64. The van der Waals surface area contributed by atoms with E-state index in [1.54, 1.807) is 16.7 Å². The fourth-order valence-electron chi connectivity index (χ4n) is 2.74. The van der Waals surface area contributed by atoms with E-state index >= 15 is 0 Å². The van der Waals surface area contributed by atoms with Gasteiger partial charge in [-0.2, -0.15) is 0 Å². The van der Waals surface area contributed by atoms with Crippen LogP contribution in [0.1, 0.15) is 50.1 Å². The van der Waals surface area contributed by atoms with Gasteiger partial charge < -0.3 is 14.8 Å². The Hall–Kier alpha value is -1.43. The highest BCUT2D eigenvalue weighted by Gasteiger charge is 2.37. The quantitative estimate of drug-likeness (QED) is 0.899. The van der Waals surface area contributed by atoms with Gasteiger partial charge in [0.25, 0.3) is 5.91 Å². The highest BCUT2D eigenvalue weighted by atomic mass is 32.2. The van der Waals surface area contributed by atoms with Crippen LogP contribution in [0.4, 0.5) is 0 Å². The van der Waals surface area contributed by atoms with E-state index in [-0.39, 0.29) is 23.9 Å². The fraction of sp³-hybridized carbons (Fsp3) is 0.647. The summed E-state index contributed by atoms with van der Waals surface area (Å²) in [5, 5.41) is 3.05. The molecule has 3 rings (SSSR count). The number of nitrogens with zero attached hydrogens (tertiary/aromatic N) is 2. The number of hydrogen-bond donors (Lipinski definition) is 1. The Morgan fingerprint density at radius 3 is 2.70 bits per heavy atom. The van der Waals surface area contributed by atoms with Crippen LogP contribution < -0.4 is 5.32 Å². The van der Waals surface area contributed by atoms with Crippen molar-refractivity contribution in [2.75, 3.05) is 11.6 Å². The lowest BCUT2D eigenvalue weighted by molar-refractivity contribution is -0.125. The SMILES string of the molecule is CC(C)[C@H](C)NC(=O)[C@@H]1CSCN1C(=O)c1cccn1C1CC1. The van der Waals surface area contributed by atoms with Gasteiger partial charge in [0.2, 0.25) is 5.91 Å². The highest BCUT2D eigenvalue weighted by Crippen LogP contribution is 2.36. The number of nitrogens with one attached hydrogen (secondary N) is 1. The average Bonchev–Trinajstić information content (AvgIpc) is 3.04. The van der Waals surface area contributed by atoms with Gasteiger partial charge in [-0.05, 0) is 37.8 Å². The summed E-state index contributed by atoms with van der Waals surface area (Å²) in [6.45, 7) is 6.18. The van der Waals surface area contributed by atoms with Crippen LogP contribution in [0.15, 0.2) is 18.3 Å². The minimum Gasteiger partial charge on any atom is -0.352 e. The van der Waals surface area contributed by atoms with Gasteiger partial charge in [0, 0.05) is 24.0 Å². The maximum Gasteiger partial charge on any atom is 0.271 e. The molecule has 0 aromatic carbocycles. The molecule has 2 heterocycles. The predicted octanol–water partition coefficient (Wildman–Crippen LogP) is 2.50. The van der Waals surface area contributed by atoms with Gasteiger partial charge in [-0.15, -0.1) is 11.8 Å². The monoisotopic (exact) mass is 335 g/mol. The van der Waals surface area contributed by atoms with Crippen molar-refractivity contribution < 1.29 is 9.59 Å². The van der Waals surface area contributed by atoms with Crippen molar-refractivity contribution >= 4 is 23.6 Å². The van der Waals surface area contributed by atoms with Crippen LogP contribution >= 0.6 is 11.8 Å². The summed E-state index contributed by atoms with van der Waals surface area (Å²) in [5.74, 6) is 1.58. The molecule has 6 heteroatoms. The molecule has 5 nitrogen and oxygen atoms in total. The molecule has 1 aliphatic heterocycles. The smallest absolute Gasteiger partial charge is 0.271 e. The van der Waals surface area contributed by atoms with Gasteiger partial charge in [0.1, 0.15) is 11.7 Å². The molecule has 2 aliphatic rings. The van der Waals surface area contributed by atoms with Gasteiger partial charge in [-0.3, -0.25) is 9.59 Å². The van der Waals surface area contributed by atoms with Crippen LogP contribution in [0, 0.1) is 5.92 Å². The molecular weight excluding hydrogens is 310 g/mol. The molecule has 0 unspecified atom stereocenters. The third-order valence-corrected chi connectivity index (χ3v) is 5.77. The molecule has 1 aromatic rings. The Labute approximate surface area is 141 Å². The maximum atomic E-state index is 12.9. The molecule has 0 bridgehead atoms. The van der Waals surface area contributed by atoms with Crippen molar-refractivity contribution in [2.24, 2.45) is 5.92 Å². The number of thioether (sulfide) groups is 1. The van der Waals surface area contributed by atoms with Crippen LogP contribution in [0.25, 0.3) is 0 Å². The summed E-state index contributed by atoms with van der Waals surface area (Å²) in [4.78, 5) is 27.2. The average molecular weight is 335 g/mol. The van der Waals surface area contributed by atoms with E-state index in [0.717, 1.165) is 12.8 Å². The Morgan fingerprint density at radius 1 is 1.30 bits per heavy atom. The molecular formula is C17H25N3O2S. The molecule has 2 amide bonds. The number of carbonyl (C=O) groups is 2. The second-order valence-electron chi connectivity index (χ2n) is 6.86. The van der Waals surface area contributed by atoms with Crippen LogP contribution in [-0.4, -0.2) is 45.0 Å². The number of aromatic nitrogens is 1. The van der Waals surface area contributed by atoms with Crippen molar-refractivity contribution in [2.45, 2.75) is 51.7 Å². The Morgan fingerprint density at radius 2 is 2.04 bits per heavy atom. The fourth-order valence-corrected chi connectivity index (χ4v) is 3.89. The molecule has 2 fully saturated rings. The zero-order valence-corrected chi connectivity index (χ0v) is 14.8. The summed E-state index contributed by atoms with van der Waals surface area (Å²) in [6.07, 6.45) is 4.25. The van der Waals surface area contributed by atoms with Crippen LogP contribution in [0.2, 0.25) is 0 Å². The van der Waals surface area contributed by atoms with E-state index < -0.39 is 0 Å². The molecule has 0 radical (unpaired) electrons.